The van der Waals surface area contributed by atoms with Gasteiger partial charge in [-0.15, -0.1) is 11.3 Å². The zero-order valence-corrected chi connectivity index (χ0v) is 16.4. The number of hydrogen-bond donors (Lipinski definition) is 0. The molecule has 3 rings (SSSR count). The minimum Gasteiger partial charge on any atom is -0.297 e. The molecule has 2 aromatic heterocycles. The fraction of sp³-hybridized carbons (Fsp3) is 0.722. The van der Waals surface area contributed by atoms with Crippen molar-refractivity contribution in [3.05, 3.63) is 27.7 Å². The van der Waals surface area contributed by atoms with E-state index in [-0.39, 0.29) is 5.41 Å². The normalized spacial score (nSPS) is 19.8. The van der Waals surface area contributed by atoms with Gasteiger partial charge in [-0.1, -0.05) is 20.8 Å². The maximum Gasteiger partial charge on any atom is 0.147 e. The summed E-state index contributed by atoms with van der Waals surface area (Å²) in [6.07, 6.45) is 2.53. The Balaban J connectivity index is 1.59. The highest BCUT2D eigenvalue weighted by Crippen LogP contribution is 2.27. The highest BCUT2D eigenvalue weighted by atomic mass is 32.1. The predicted molar refractivity (Wildman–Crippen MR) is 98.3 cm³/mol. The van der Waals surface area contributed by atoms with E-state index in [1.807, 2.05) is 13.8 Å². The third kappa shape index (κ3) is 4.22. The topological polar surface area (TPSA) is 46.8 Å². The van der Waals surface area contributed by atoms with E-state index in [1.165, 1.54) is 30.1 Å². The van der Waals surface area contributed by atoms with Gasteiger partial charge in [-0.3, -0.25) is 4.90 Å². The van der Waals surface area contributed by atoms with Gasteiger partial charge in [-0.2, -0.15) is 5.10 Å². The molecular weight excluding hydrogens is 318 g/mol. The van der Waals surface area contributed by atoms with E-state index in [1.54, 1.807) is 11.3 Å². The van der Waals surface area contributed by atoms with Crippen molar-refractivity contribution in [1.29, 1.82) is 0 Å². The van der Waals surface area contributed by atoms with Crippen molar-refractivity contribution in [3.8, 4) is 0 Å². The summed E-state index contributed by atoms with van der Waals surface area (Å²) >= 11 is 1.79. The molecule has 0 aliphatic carbocycles. The number of thiazole rings is 1. The largest absolute Gasteiger partial charge is 0.297 e. The van der Waals surface area contributed by atoms with Crippen LogP contribution in [0.15, 0.2) is 5.38 Å². The molecule has 1 aliphatic rings. The van der Waals surface area contributed by atoms with Crippen LogP contribution in [0.25, 0.3) is 0 Å². The Bertz CT molecular complexity index is 682. The van der Waals surface area contributed by atoms with Gasteiger partial charge >= 0.3 is 0 Å². The quantitative estimate of drug-likeness (QED) is 0.848. The summed E-state index contributed by atoms with van der Waals surface area (Å²) in [5.41, 5.74) is 1.37. The van der Waals surface area contributed by atoms with Crippen LogP contribution in [0.4, 0.5) is 0 Å². The molecule has 0 radical (unpaired) electrons. The fourth-order valence-electron chi connectivity index (χ4n) is 3.38. The number of rotatable bonds is 4. The molecule has 0 amide bonds. The number of aryl methyl sites for hydroxylation is 2. The molecule has 5 nitrogen and oxygen atoms in total. The van der Waals surface area contributed by atoms with Gasteiger partial charge < -0.3 is 0 Å². The van der Waals surface area contributed by atoms with Gasteiger partial charge in [0, 0.05) is 30.4 Å². The molecule has 132 valence electrons. The lowest BCUT2D eigenvalue weighted by atomic mass is 9.97. The van der Waals surface area contributed by atoms with E-state index in [0.29, 0.717) is 5.92 Å². The van der Waals surface area contributed by atoms with Crippen molar-refractivity contribution in [3.63, 3.8) is 0 Å². The van der Waals surface area contributed by atoms with Crippen LogP contribution in [0.2, 0.25) is 0 Å². The second-order valence-corrected chi connectivity index (χ2v) is 8.88. The van der Waals surface area contributed by atoms with Crippen LogP contribution in [0.5, 0.6) is 0 Å². The lowest BCUT2D eigenvalue weighted by Crippen LogP contribution is -2.37. The number of aromatic nitrogens is 4. The molecule has 2 aromatic rings. The van der Waals surface area contributed by atoms with Crippen LogP contribution in [0.1, 0.15) is 56.0 Å². The van der Waals surface area contributed by atoms with Crippen LogP contribution in [0, 0.1) is 19.8 Å². The average molecular weight is 348 g/mol. The highest BCUT2D eigenvalue weighted by molar-refractivity contribution is 7.09. The minimum atomic E-state index is 0.149. The molecule has 1 saturated heterocycles. The lowest BCUT2D eigenvalue weighted by Gasteiger charge is -2.32. The van der Waals surface area contributed by atoms with Crippen LogP contribution in [0.3, 0.4) is 0 Å². The van der Waals surface area contributed by atoms with Gasteiger partial charge in [0.1, 0.15) is 11.6 Å². The van der Waals surface area contributed by atoms with Crippen molar-refractivity contribution in [2.75, 3.05) is 13.1 Å². The summed E-state index contributed by atoms with van der Waals surface area (Å²) in [6, 6.07) is 0. The molecule has 24 heavy (non-hydrogen) atoms. The van der Waals surface area contributed by atoms with E-state index in [9.17, 15) is 0 Å². The standard InChI is InChI=1S/C18H29N5S/c1-13-19-14(2)23(21-13)10-15-7-6-8-22(9-15)11-16-12-24-17(20-16)18(3,4)5/h12,15H,6-11H2,1-5H3. The van der Waals surface area contributed by atoms with E-state index >= 15 is 0 Å². The molecule has 0 bridgehead atoms. The number of hydrogen-bond acceptors (Lipinski definition) is 5. The van der Waals surface area contributed by atoms with Crippen LogP contribution < -0.4 is 0 Å². The second-order valence-electron chi connectivity index (χ2n) is 8.03. The minimum absolute atomic E-state index is 0.149. The first-order valence-corrected chi connectivity index (χ1v) is 9.74. The van der Waals surface area contributed by atoms with Gasteiger partial charge in [0.05, 0.1) is 10.7 Å². The second kappa shape index (κ2) is 6.92. The number of nitrogens with zero attached hydrogens (tertiary/aromatic N) is 5. The molecule has 0 spiro atoms. The van der Waals surface area contributed by atoms with Gasteiger partial charge in [-0.05, 0) is 39.2 Å². The van der Waals surface area contributed by atoms with Crippen molar-refractivity contribution in [1.82, 2.24) is 24.6 Å². The summed E-state index contributed by atoms with van der Waals surface area (Å²) in [7, 11) is 0. The van der Waals surface area contributed by atoms with Gasteiger partial charge in [0.25, 0.3) is 0 Å². The van der Waals surface area contributed by atoms with Crippen molar-refractivity contribution in [2.24, 2.45) is 5.92 Å². The Morgan fingerprint density at radius 1 is 1.25 bits per heavy atom. The molecule has 1 unspecified atom stereocenters. The van der Waals surface area contributed by atoms with Gasteiger partial charge in [-0.25, -0.2) is 14.6 Å². The third-order valence-corrected chi connectivity index (χ3v) is 5.89. The Hall–Kier alpha value is -1.27. The van der Waals surface area contributed by atoms with E-state index < -0.39 is 0 Å². The Kier molecular flexibility index (Phi) is 5.06. The van der Waals surface area contributed by atoms with E-state index in [2.05, 4.69) is 45.8 Å². The van der Waals surface area contributed by atoms with E-state index in [0.717, 1.165) is 31.3 Å². The summed E-state index contributed by atoms with van der Waals surface area (Å²) in [5, 5.41) is 7.99. The van der Waals surface area contributed by atoms with Crippen molar-refractivity contribution < 1.29 is 0 Å². The lowest BCUT2D eigenvalue weighted by molar-refractivity contribution is 0.151. The molecule has 3 heterocycles. The first-order chi connectivity index (χ1) is 11.3. The first-order valence-electron chi connectivity index (χ1n) is 8.86. The fourth-order valence-corrected chi connectivity index (χ4v) is 4.27. The molecule has 0 saturated carbocycles. The Labute approximate surface area is 149 Å². The molecule has 0 N–H and O–H groups in total. The zero-order chi connectivity index (χ0) is 17.3. The van der Waals surface area contributed by atoms with Gasteiger partial charge in [0.2, 0.25) is 0 Å². The summed E-state index contributed by atoms with van der Waals surface area (Å²) in [5.74, 6) is 2.55. The molecule has 1 fully saturated rings. The zero-order valence-electron chi connectivity index (χ0n) is 15.5. The molecular formula is C18H29N5S. The van der Waals surface area contributed by atoms with Crippen LogP contribution in [-0.2, 0) is 18.5 Å². The third-order valence-electron chi connectivity index (χ3n) is 4.58. The maximum atomic E-state index is 4.85. The van der Waals surface area contributed by atoms with Crippen LogP contribution in [-0.4, -0.2) is 37.7 Å². The Morgan fingerprint density at radius 2 is 2.04 bits per heavy atom. The molecule has 1 atom stereocenters. The monoisotopic (exact) mass is 347 g/mol. The number of piperidine rings is 1. The summed E-state index contributed by atoms with van der Waals surface area (Å²) in [6.45, 7) is 15.0. The smallest absolute Gasteiger partial charge is 0.147 e. The summed E-state index contributed by atoms with van der Waals surface area (Å²) < 4.78 is 2.07. The summed E-state index contributed by atoms with van der Waals surface area (Å²) in [4.78, 5) is 11.8. The molecule has 1 aliphatic heterocycles. The predicted octanol–water partition coefficient (Wildman–Crippen LogP) is 3.56. The first kappa shape index (κ1) is 17.5. The van der Waals surface area contributed by atoms with Crippen molar-refractivity contribution >= 4 is 11.3 Å². The SMILES string of the molecule is Cc1nc(C)n(CC2CCCN(Cc3csc(C(C)(C)C)n3)C2)n1. The maximum absolute atomic E-state index is 4.85. The van der Waals surface area contributed by atoms with Gasteiger partial charge in [0.15, 0.2) is 0 Å². The molecule has 0 aromatic carbocycles. The average Bonchev–Trinajstić information content (AvgIpc) is 3.06. The van der Waals surface area contributed by atoms with E-state index in [4.69, 9.17) is 4.98 Å². The molecule has 6 heteroatoms. The van der Waals surface area contributed by atoms with Crippen molar-refractivity contribution in [2.45, 2.75) is 66.0 Å². The highest BCUT2D eigenvalue weighted by Gasteiger charge is 2.23. The Morgan fingerprint density at radius 3 is 2.67 bits per heavy atom. The number of likely N-dealkylation sites (tertiary alicyclic amines) is 1. The van der Waals surface area contributed by atoms with Crippen LogP contribution >= 0.6 is 11.3 Å².